The fourth-order valence-electron chi connectivity index (χ4n) is 3.39. The third-order valence-corrected chi connectivity index (χ3v) is 4.98. The molecule has 6 heteroatoms. The van der Waals surface area contributed by atoms with E-state index in [1.165, 1.54) is 19.3 Å². The van der Waals surface area contributed by atoms with Crippen LogP contribution in [0.1, 0.15) is 24.8 Å². The molecule has 1 aliphatic heterocycles. The van der Waals surface area contributed by atoms with Gasteiger partial charge in [-0.25, -0.2) is 0 Å². The zero-order valence-electron chi connectivity index (χ0n) is 15.8. The fourth-order valence-corrected chi connectivity index (χ4v) is 3.56. The number of anilines is 2. The molecule has 27 heavy (non-hydrogen) atoms. The summed E-state index contributed by atoms with van der Waals surface area (Å²) in [6.07, 6.45) is 3.83. The lowest BCUT2D eigenvalue weighted by Crippen LogP contribution is -2.30. The number of ether oxygens (including phenoxy) is 2. The van der Waals surface area contributed by atoms with Gasteiger partial charge in [0.2, 0.25) is 5.91 Å². The van der Waals surface area contributed by atoms with Crippen molar-refractivity contribution in [3.05, 3.63) is 47.0 Å². The minimum atomic E-state index is -0.0947. The van der Waals surface area contributed by atoms with E-state index in [9.17, 15) is 4.79 Å². The summed E-state index contributed by atoms with van der Waals surface area (Å²) in [6, 6.07) is 11.2. The van der Waals surface area contributed by atoms with E-state index in [0.717, 1.165) is 30.0 Å². The largest absolute Gasteiger partial charge is 0.493 e. The Morgan fingerprint density at radius 1 is 1.04 bits per heavy atom. The molecule has 0 aliphatic carbocycles. The summed E-state index contributed by atoms with van der Waals surface area (Å²) in [6.45, 7) is 2.00. The number of halogens is 1. The first-order valence-corrected chi connectivity index (χ1v) is 9.54. The molecule has 1 saturated heterocycles. The maximum atomic E-state index is 12.6. The highest BCUT2D eigenvalue weighted by Crippen LogP contribution is 2.32. The van der Waals surface area contributed by atoms with Gasteiger partial charge in [0, 0.05) is 18.1 Å². The average molecular weight is 389 g/mol. The lowest BCUT2D eigenvalue weighted by atomic mass is 10.1. The van der Waals surface area contributed by atoms with Gasteiger partial charge in [0.25, 0.3) is 0 Å². The Kier molecular flexibility index (Phi) is 6.45. The smallest absolute Gasteiger partial charge is 0.228 e. The number of nitrogens with zero attached hydrogens (tertiary/aromatic N) is 1. The monoisotopic (exact) mass is 388 g/mol. The van der Waals surface area contributed by atoms with Gasteiger partial charge in [0.15, 0.2) is 11.5 Å². The number of carbonyl (C=O) groups excluding carboxylic acids is 1. The molecule has 0 aromatic heterocycles. The Morgan fingerprint density at radius 2 is 1.78 bits per heavy atom. The van der Waals surface area contributed by atoms with Crippen LogP contribution in [0, 0.1) is 0 Å². The fraction of sp³-hybridized carbons (Fsp3) is 0.381. The van der Waals surface area contributed by atoms with Gasteiger partial charge in [0.1, 0.15) is 0 Å². The number of benzene rings is 2. The van der Waals surface area contributed by atoms with Crippen molar-refractivity contribution in [1.29, 1.82) is 0 Å². The third-order valence-electron chi connectivity index (χ3n) is 4.74. The predicted octanol–water partition coefficient (Wildman–Crippen LogP) is 4.53. The first-order valence-electron chi connectivity index (χ1n) is 9.16. The van der Waals surface area contributed by atoms with Crippen LogP contribution >= 0.6 is 11.6 Å². The number of hydrogen-bond donors (Lipinski definition) is 1. The van der Waals surface area contributed by atoms with Gasteiger partial charge in [-0.1, -0.05) is 17.7 Å². The predicted molar refractivity (Wildman–Crippen MR) is 109 cm³/mol. The van der Waals surface area contributed by atoms with E-state index < -0.39 is 0 Å². The van der Waals surface area contributed by atoms with Crippen molar-refractivity contribution in [2.45, 2.75) is 25.7 Å². The lowest BCUT2D eigenvalue weighted by molar-refractivity contribution is -0.115. The molecule has 5 nitrogen and oxygen atoms in total. The Hall–Kier alpha value is -2.40. The normalized spacial score (nSPS) is 14.0. The quantitative estimate of drug-likeness (QED) is 0.789. The topological polar surface area (TPSA) is 50.8 Å². The van der Waals surface area contributed by atoms with Crippen LogP contribution in [0.4, 0.5) is 11.4 Å². The van der Waals surface area contributed by atoms with Crippen molar-refractivity contribution < 1.29 is 14.3 Å². The lowest BCUT2D eigenvalue weighted by Gasteiger charge is -2.30. The van der Waals surface area contributed by atoms with Crippen LogP contribution in [0.15, 0.2) is 36.4 Å². The van der Waals surface area contributed by atoms with Crippen LogP contribution in [0.3, 0.4) is 0 Å². The maximum Gasteiger partial charge on any atom is 0.228 e. The first-order chi connectivity index (χ1) is 13.1. The zero-order chi connectivity index (χ0) is 19.2. The molecule has 1 amide bonds. The number of amides is 1. The number of rotatable bonds is 6. The molecule has 0 spiro atoms. The first kappa shape index (κ1) is 19.4. The van der Waals surface area contributed by atoms with E-state index in [0.29, 0.717) is 16.5 Å². The van der Waals surface area contributed by atoms with Crippen LogP contribution in [0.25, 0.3) is 0 Å². The molecule has 0 atom stereocenters. The highest BCUT2D eigenvalue weighted by atomic mass is 35.5. The zero-order valence-corrected chi connectivity index (χ0v) is 16.5. The molecule has 1 heterocycles. The molecular weight excluding hydrogens is 364 g/mol. The van der Waals surface area contributed by atoms with Crippen molar-refractivity contribution in [1.82, 2.24) is 0 Å². The number of nitrogens with one attached hydrogen (secondary N) is 1. The van der Waals surface area contributed by atoms with Crippen LogP contribution in [0.5, 0.6) is 11.5 Å². The van der Waals surface area contributed by atoms with Crippen molar-refractivity contribution in [2.75, 3.05) is 37.5 Å². The molecule has 1 N–H and O–H groups in total. The number of carbonyl (C=O) groups is 1. The highest BCUT2D eigenvalue weighted by Gasteiger charge is 2.17. The van der Waals surface area contributed by atoms with Gasteiger partial charge in [0.05, 0.1) is 32.0 Å². The van der Waals surface area contributed by atoms with Crippen LogP contribution < -0.4 is 19.7 Å². The molecule has 1 aliphatic rings. The third kappa shape index (κ3) is 4.86. The van der Waals surface area contributed by atoms with Gasteiger partial charge in [-0.2, -0.15) is 0 Å². The molecule has 0 unspecified atom stereocenters. The van der Waals surface area contributed by atoms with Gasteiger partial charge in [-0.3, -0.25) is 4.79 Å². The van der Waals surface area contributed by atoms with E-state index in [-0.39, 0.29) is 12.3 Å². The van der Waals surface area contributed by atoms with E-state index in [1.54, 1.807) is 20.3 Å². The Balaban J connectivity index is 1.75. The van der Waals surface area contributed by atoms with E-state index in [2.05, 4.69) is 10.2 Å². The van der Waals surface area contributed by atoms with E-state index in [1.807, 2.05) is 30.3 Å². The summed E-state index contributed by atoms with van der Waals surface area (Å²) in [7, 11) is 3.17. The molecule has 2 aromatic rings. The average Bonchev–Trinajstić information content (AvgIpc) is 2.68. The second kappa shape index (κ2) is 9.00. The highest BCUT2D eigenvalue weighted by molar-refractivity contribution is 6.31. The number of piperidine rings is 1. The minimum Gasteiger partial charge on any atom is -0.493 e. The SMILES string of the molecule is COc1ccc(CC(=O)Nc2cc(Cl)ccc2N2CCCCC2)cc1OC. The van der Waals surface area contributed by atoms with Crippen molar-refractivity contribution in [3.63, 3.8) is 0 Å². The van der Waals surface area contributed by atoms with Crippen molar-refractivity contribution in [3.8, 4) is 11.5 Å². The molecule has 3 rings (SSSR count). The number of methoxy groups -OCH3 is 2. The van der Waals surface area contributed by atoms with Gasteiger partial charge < -0.3 is 19.7 Å². The summed E-state index contributed by atoms with van der Waals surface area (Å²) in [5, 5.41) is 3.63. The maximum absolute atomic E-state index is 12.6. The summed E-state index contributed by atoms with van der Waals surface area (Å²) in [4.78, 5) is 14.9. The van der Waals surface area contributed by atoms with Crippen molar-refractivity contribution in [2.24, 2.45) is 0 Å². The van der Waals surface area contributed by atoms with Gasteiger partial charge in [-0.15, -0.1) is 0 Å². The summed E-state index contributed by atoms with van der Waals surface area (Å²) >= 11 is 6.17. The molecule has 144 valence electrons. The van der Waals surface area contributed by atoms with E-state index >= 15 is 0 Å². The second-order valence-corrected chi connectivity index (χ2v) is 7.06. The Bertz CT molecular complexity index is 804. The molecule has 0 radical (unpaired) electrons. The summed E-state index contributed by atoms with van der Waals surface area (Å²) in [5.74, 6) is 1.16. The summed E-state index contributed by atoms with van der Waals surface area (Å²) in [5.41, 5.74) is 2.64. The van der Waals surface area contributed by atoms with Crippen LogP contribution in [0.2, 0.25) is 5.02 Å². The van der Waals surface area contributed by atoms with E-state index in [4.69, 9.17) is 21.1 Å². The van der Waals surface area contributed by atoms with Crippen molar-refractivity contribution >= 4 is 28.9 Å². The molecular formula is C21H25ClN2O3. The molecule has 2 aromatic carbocycles. The standard InChI is InChI=1S/C21H25ClN2O3/c1-26-19-9-6-15(12-20(19)27-2)13-21(25)23-17-14-16(22)7-8-18(17)24-10-4-3-5-11-24/h6-9,12,14H,3-5,10-11,13H2,1-2H3,(H,23,25). The van der Waals surface area contributed by atoms with Gasteiger partial charge >= 0.3 is 0 Å². The van der Waals surface area contributed by atoms with Gasteiger partial charge in [-0.05, 0) is 55.2 Å². The number of hydrogen-bond acceptors (Lipinski definition) is 4. The second-order valence-electron chi connectivity index (χ2n) is 6.62. The van der Waals surface area contributed by atoms with Crippen LogP contribution in [-0.4, -0.2) is 33.2 Å². The molecule has 0 bridgehead atoms. The molecule has 0 saturated carbocycles. The molecule has 1 fully saturated rings. The Morgan fingerprint density at radius 3 is 2.48 bits per heavy atom. The van der Waals surface area contributed by atoms with Crippen LogP contribution in [-0.2, 0) is 11.2 Å². The minimum absolute atomic E-state index is 0.0947. The summed E-state index contributed by atoms with van der Waals surface area (Å²) < 4.78 is 10.6. The Labute approximate surface area is 165 Å².